The topological polar surface area (TPSA) is 80.6 Å². The van der Waals surface area contributed by atoms with Crippen LogP contribution in [0, 0.1) is 6.92 Å². The summed E-state index contributed by atoms with van der Waals surface area (Å²) in [6.45, 7) is 2.17. The van der Waals surface area contributed by atoms with Gasteiger partial charge in [-0.15, -0.1) is 10.2 Å². The molecule has 1 aromatic heterocycles. The summed E-state index contributed by atoms with van der Waals surface area (Å²) >= 11 is 0. The molecule has 2 unspecified atom stereocenters. The fourth-order valence-electron chi connectivity index (χ4n) is 3.17. The molecule has 1 aromatic carbocycles. The van der Waals surface area contributed by atoms with Crippen LogP contribution >= 0.6 is 0 Å². The third kappa shape index (κ3) is 3.32. The van der Waals surface area contributed by atoms with Crippen LogP contribution in [0.4, 0.5) is 0 Å². The molecule has 1 fully saturated rings. The van der Waals surface area contributed by atoms with Gasteiger partial charge in [-0.2, -0.15) is 0 Å². The van der Waals surface area contributed by atoms with Crippen molar-refractivity contribution < 1.29 is 14.3 Å². The standard InChI is InChI=1S/C18H23N5O3/c1-12-7-5-6-8-13(12)16-17(26-10-15(24)23(16)4)18(25)21(2)9-14-20-19-11-22(14)3/h5-8,11,16-17H,9-10H2,1-4H3. The minimum absolute atomic E-state index is 0.104. The number of hydrogen-bond acceptors (Lipinski definition) is 5. The van der Waals surface area contributed by atoms with E-state index in [1.54, 1.807) is 34.8 Å². The number of carbonyl (C=O) groups excluding carboxylic acids is 2. The molecule has 2 amide bonds. The molecule has 0 N–H and O–H groups in total. The Labute approximate surface area is 152 Å². The van der Waals surface area contributed by atoms with Crippen LogP contribution in [0.25, 0.3) is 0 Å². The molecule has 8 heteroatoms. The first-order valence-electron chi connectivity index (χ1n) is 8.40. The van der Waals surface area contributed by atoms with E-state index >= 15 is 0 Å². The summed E-state index contributed by atoms with van der Waals surface area (Å²) in [7, 11) is 5.24. The summed E-state index contributed by atoms with van der Waals surface area (Å²) in [5, 5.41) is 7.85. The zero-order valence-electron chi connectivity index (χ0n) is 15.4. The zero-order chi connectivity index (χ0) is 18.8. The number of hydrogen-bond donors (Lipinski definition) is 0. The molecule has 1 aliphatic heterocycles. The van der Waals surface area contributed by atoms with E-state index in [4.69, 9.17) is 4.74 Å². The van der Waals surface area contributed by atoms with Crippen LogP contribution in [-0.4, -0.2) is 63.2 Å². The summed E-state index contributed by atoms with van der Waals surface area (Å²) < 4.78 is 7.45. The summed E-state index contributed by atoms with van der Waals surface area (Å²) in [5.41, 5.74) is 1.92. The van der Waals surface area contributed by atoms with Crippen LogP contribution in [0.15, 0.2) is 30.6 Å². The molecule has 0 bridgehead atoms. The van der Waals surface area contributed by atoms with E-state index < -0.39 is 12.1 Å². The quantitative estimate of drug-likeness (QED) is 0.804. The molecule has 3 rings (SSSR count). The van der Waals surface area contributed by atoms with Gasteiger partial charge in [-0.1, -0.05) is 24.3 Å². The van der Waals surface area contributed by atoms with Crippen molar-refractivity contribution in [2.75, 3.05) is 20.7 Å². The average molecular weight is 357 g/mol. The Morgan fingerprint density at radius 2 is 2.08 bits per heavy atom. The van der Waals surface area contributed by atoms with E-state index in [-0.39, 0.29) is 18.4 Å². The van der Waals surface area contributed by atoms with Crippen molar-refractivity contribution in [1.29, 1.82) is 0 Å². The molecule has 8 nitrogen and oxygen atoms in total. The Balaban J connectivity index is 1.88. The van der Waals surface area contributed by atoms with Crippen molar-refractivity contribution in [3.63, 3.8) is 0 Å². The van der Waals surface area contributed by atoms with E-state index in [2.05, 4.69) is 10.2 Å². The second-order valence-electron chi connectivity index (χ2n) is 6.59. The van der Waals surface area contributed by atoms with E-state index in [1.807, 2.05) is 38.2 Å². The molecule has 0 radical (unpaired) electrons. The second kappa shape index (κ2) is 7.25. The van der Waals surface area contributed by atoms with Crippen molar-refractivity contribution in [2.45, 2.75) is 25.6 Å². The number of ether oxygens (including phenoxy) is 1. The van der Waals surface area contributed by atoms with Gasteiger partial charge in [0, 0.05) is 21.1 Å². The number of aryl methyl sites for hydroxylation is 2. The van der Waals surface area contributed by atoms with Crippen LogP contribution in [0.3, 0.4) is 0 Å². The molecule has 2 atom stereocenters. The SMILES string of the molecule is Cc1ccccc1C1C(C(=O)N(C)Cc2nncn2C)OCC(=O)N1C. The van der Waals surface area contributed by atoms with Crippen molar-refractivity contribution in [1.82, 2.24) is 24.6 Å². The first-order chi connectivity index (χ1) is 12.4. The fourth-order valence-corrected chi connectivity index (χ4v) is 3.17. The van der Waals surface area contributed by atoms with Gasteiger partial charge < -0.3 is 19.1 Å². The Morgan fingerprint density at radius 3 is 2.73 bits per heavy atom. The molecule has 0 spiro atoms. The van der Waals surface area contributed by atoms with Crippen LogP contribution < -0.4 is 0 Å². The molecular weight excluding hydrogens is 334 g/mol. The molecule has 2 heterocycles. The molecule has 1 saturated heterocycles. The maximum atomic E-state index is 13.1. The van der Waals surface area contributed by atoms with Gasteiger partial charge in [0.2, 0.25) is 5.91 Å². The van der Waals surface area contributed by atoms with Gasteiger partial charge in [-0.3, -0.25) is 9.59 Å². The highest BCUT2D eigenvalue weighted by molar-refractivity contribution is 5.86. The normalized spacial score (nSPS) is 20.3. The highest BCUT2D eigenvalue weighted by Crippen LogP contribution is 2.32. The first-order valence-corrected chi connectivity index (χ1v) is 8.40. The van der Waals surface area contributed by atoms with Crippen molar-refractivity contribution >= 4 is 11.8 Å². The molecular formula is C18H23N5O3. The lowest BCUT2D eigenvalue weighted by molar-refractivity contribution is -0.167. The molecule has 0 saturated carbocycles. The highest BCUT2D eigenvalue weighted by atomic mass is 16.5. The predicted molar refractivity (Wildman–Crippen MR) is 93.9 cm³/mol. The van der Waals surface area contributed by atoms with Gasteiger partial charge in [0.15, 0.2) is 11.9 Å². The number of aromatic nitrogens is 3. The van der Waals surface area contributed by atoms with E-state index in [0.29, 0.717) is 12.4 Å². The summed E-state index contributed by atoms with van der Waals surface area (Å²) in [4.78, 5) is 28.4. The third-order valence-electron chi connectivity index (χ3n) is 4.79. The number of rotatable bonds is 4. The number of amides is 2. The Morgan fingerprint density at radius 1 is 1.35 bits per heavy atom. The van der Waals surface area contributed by atoms with Crippen molar-refractivity contribution in [2.24, 2.45) is 7.05 Å². The van der Waals surface area contributed by atoms with Gasteiger partial charge in [-0.25, -0.2) is 0 Å². The predicted octanol–water partition coefficient (Wildman–Crippen LogP) is 0.680. The molecule has 1 aliphatic rings. The van der Waals surface area contributed by atoms with Crippen LogP contribution in [0.5, 0.6) is 0 Å². The maximum absolute atomic E-state index is 13.1. The molecule has 2 aromatic rings. The smallest absolute Gasteiger partial charge is 0.254 e. The maximum Gasteiger partial charge on any atom is 0.254 e. The van der Waals surface area contributed by atoms with Gasteiger partial charge in [0.25, 0.3) is 5.91 Å². The Kier molecular flexibility index (Phi) is 5.03. The summed E-state index contributed by atoms with van der Waals surface area (Å²) in [6.07, 6.45) is 0.824. The lowest BCUT2D eigenvalue weighted by Crippen LogP contribution is -2.53. The largest absolute Gasteiger partial charge is 0.356 e. The minimum atomic E-state index is -0.767. The fraction of sp³-hybridized carbons (Fsp3) is 0.444. The van der Waals surface area contributed by atoms with Gasteiger partial charge in [0.1, 0.15) is 12.9 Å². The zero-order valence-corrected chi connectivity index (χ0v) is 15.4. The van der Waals surface area contributed by atoms with Crippen LogP contribution in [-0.2, 0) is 27.9 Å². The number of benzene rings is 1. The van der Waals surface area contributed by atoms with Gasteiger partial charge in [-0.05, 0) is 18.1 Å². The molecule has 138 valence electrons. The number of nitrogens with zero attached hydrogens (tertiary/aromatic N) is 5. The van der Waals surface area contributed by atoms with Crippen molar-refractivity contribution in [3.8, 4) is 0 Å². The summed E-state index contributed by atoms with van der Waals surface area (Å²) in [6, 6.07) is 7.27. The molecule has 26 heavy (non-hydrogen) atoms. The monoisotopic (exact) mass is 357 g/mol. The summed E-state index contributed by atoms with van der Waals surface area (Å²) in [5.74, 6) is 0.340. The molecule has 0 aliphatic carbocycles. The number of carbonyl (C=O) groups is 2. The van der Waals surface area contributed by atoms with Crippen LogP contribution in [0.1, 0.15) is 23.0 Å². The first kappa shape index (κ1) is 18.1. The number of likely N-dealkylation sites (N-methyl/N-ethyl adjacent to an activating group) is 2. The van der Waals surface area contributed by atoms with Crippen LogP contribution in [0.2, 0.25) is 0 Å². The average Bonchev–Trinajstić information content (AvgIpc) is 3.02. The second-order valence-corrected chi connectivity index (χ2v) is 6.59. The van der Waals surface area contributed by atoms with E-state index in [1.165, 1.54) is 0 Å². The lowest BCUT2D eigenvalue weighted by Gasteiger charge is -2.40. The van der Waals surface area contributed by atoms with Gasteiger partial charge in [0.05, 0.1) is 12.6 Å². The highest BCUT2D eigenvalue weighted by Gasteiger charge is 2.41. The van der Waals surface area contributed by atoms with Gasteiger partial charge >= 0.3 is 0 Å². The minimum Gasteiger partial charge on any atom is -0.356 e. The third-order valence-corrected chi connectivity index (χ3v) is 4.79. The van der Waals surface area contributed by atoms with Crippen molar-refractivity contribution in [3.05, 3.63) is 47.5 Å². The van der Waals surface area contributed by atoms with E-state index in [0.717, 1.165) is 11.1 Å². The Bertz CT molecular complexity index is 819. The van der Waals surface area contributed by atoms with E-state index in [9.17, 15) is 9.59 Å². The lowest BCUT2D eigenvalue weighted by atomic mass is 9.93. The number of morpholine rings is 1. The Hall–Kier alpha value is -2.74.